The molecule has 1 saturated carbocycles. The lowest BCUT2D eigenvalue weighted by Gasteiger charge is -2.09. The second kappa shape index (κ2) is 6.20. The summed E-state index contributed by atoms with van der Waals surface area (Å²) in [6, 6.07) is 0.781. The van der Waals surface area contributed by atoms with Gasteiger partial charge in [-0.1, -0.05) is 26.7 Å². The van der Waals surface area contributed by atoms with Crippen LogP contribution in [0.1, 0.15) is 57.2 Å². The van der Waals surface area contributed by atoms with Crippen LogP contribution in [0.4, 0.5) is 0 Å². The standard InChI is InChI=1S/C14H25N3/c1-3-5-9-17-14(6-4-2)12(11-16-17)10-15-13-7-8-13/h11,13,15H,3-10H2,1-2H3. The van der Waals surface area contributed by atoms with Gasteiger partial charge in [0.2, 0.25) is 0 Å². The molecule has 1 aromatic heterocycles. The van der Waals surface area contributed by atoms with Crippen LogP contribution >= 0.6 is 0 Å². The molecule has 0 saturated heterocycles. The van der Waals surface area contributed by atoms with Crippen molar-refractivity contribution in [1.29, 1.82) is 0 Å². The Morgan fingerprint density at radius 2 is 2.18 bits per heavy atom. The minimum Gasteiger partial charge on any atom is -0.310 e. The Hall–Kier alpha value is -0.830. The lowest BCUT2D eigenvalue weighted by molar-refractivity contribution is 0.543. The molecular weight excluding hydrogens is 210 g/mol. The molecule has 0 unspecified atom stereocenters. The number of hydrogen-bond acceptors (Lipinski definition) is 2. The van der Waals surface area contributed by atoms with E-state index in [0.717, 1.165) is 25.6 Å². The highest BCUT2D eigenvalue weighted by Gasteiger charge is 2.21. The molecule has 0 atom stereocenters. The first-order valence-corrected chi connectivity index (χ1v) is 7.12. The average molecular weight is 235 g/mol. The highest BCUT2D eigenvalue weighted by atomic mass is 15.3. The van der Waals surface area contributed by atoms with Crippen LogP contribution in [0, 0.1) is 0 Å². The van der Waals surface area contributed by atoms with Crippen LogP contribution in [-0.4, -0.2) is 15.8 Å². The molecule has 3 heteroatoms. The normalized spacial score (nSPS) is 15.4. The zero-order valence-corrected chi connectivity index (χ0v) is 11.2. The van der Waals surface area contributed by atoms with Crippen LogP contribution in [0.3, 0.4) is 0 Å². The fraction of sp³-hybridized carbons (Fsp3) is 0.786. The van der Waals surface area contributed by atoms with Crippen LogP contribution in [0.25, 0.3) is 0 Å². The van der Waals surface area contributed by atoms with Crippen LogP contribution in [-0.2, 0) is 19.5 Å². The summed E-state index contributed by atoms with van der Waals surface area (Å²) in [7, 11) is 0. The predicted octanol–water partition coefficient (Wildman–Crippen LogP) is 2.89. The zero-order chi connectivity index (χ0) is 12.1. The van der Waals surface area contributed by atoms with Crippen molar-refractivity contribution in [3.05, 3.63) is 17.5 Å². The first kappa shape index (κ1) is 12.6. The molecule has 0 spiro atoms. The number of hydrogen-bond donors (Lipinski definition) is 1. The maximum atomic E-state index is 4.55. The van der Waals surface area contributed by atoms with Gasteiger partial charge in [0.1, 0.15) is 0 Å². The molecule has 1 aliphatic rings. The minimum atomic E-state index is 0.781. The van der Waals surface area contributed by atoms with E-state index < -0.39 is 0 Å². The second-order valence-corrected chi connectivity index (χ2v) is 5.10. The van der Waals surface area contributed by atoms with E-state index in [1.165, 1.54) is 43.4 Å². The van der Waals surface area contributed by atoms with Gasteiger partial charge in [0.05, 0.1) is 6.20 Å². The molecule has 1 N–H and O–H groups in total. The first-order valence-electron chi connectivity index (χ1n) is 7.12. The Labute approximate surface area is 105 Å². The Bertz CT molecular complexity index is 339. The van der Waals surface area contributed by atoms with Crippen molar-refractivity contribution in [2.45, 2.75) is 71.5 Å². The van der Waals surface area contributed by atoms with Crippen molar-refractivity contribution in [3.8, 4) is 0 Å². The summed E-state index contributed by atoms with van der Waals surface area (Å²) in [6.07, 6.45) is 9.60. The Morgan fingerprint density at radius 1 is 1.35 bits per heavy atom. The van der Waals surface area contributed by atoms with E-state index in [-0.39, 0.29) is 0 Å². The summed E-state index contributed by atoms with van der Waals surface area (Å²) < 4.78 is 2.22. The fourth-order valence-corrected chi connectivity index (χ4v) is 2.17. The van der Waals surface area contributed by atoms with E-state index in [1.807, 2.05) is 0 Å². The second-order valence-electron chi connectivity index (χ2n) is 5.10. The zero-order valence-electron chi connectivity index (χ0n) is 11.2. The molecule has 1 fully saturated rings. The summed E-state index contributed by atoms with van der Waals surface area (Å²) in [4.78, 5) is 0. The smallest absolute Gasteiger partial charge is 0.0537 e. The molecule has 3 nitrogen and oxygen atoms in total. The van der Waals surface area contributed by atoms with Crippen molar-refractivity contribution in [2.75, 3.05) is 0 Å². The van der Waals surface area contributed by atoms with Gasteiger partial charge in [-0.05, 0) is 25.7 Å². The summed E-state index contributed by atoms with van der Waals surface area (Å²) in [5.41, 5.74) is 2.86. The Morgan fingerprint density at radius 3 is 2.82 bits per heavy atom. The van der Waals surface area contributed by atoms with Gasteiger partial charge in [-0.15, -0.1) is 0 Å². The van der Waals surface area contributed by atoms with E-state index in [1.54, 1.807) is 0 Å². The van der Waals surface area contributed by atoms with Gasteiger partial charge in [0, 0.05) is 30.4 Å². The Balaban J connectivity index is 1.98. The number of nitrogens with zero attached hydrogens (tertiary/aromatic N) is 2. The van der Waals surface area contributed by atoms with E-state index in [2.05, 4.69) is 35.1 Å². The number of aromatic nitrogens is 2. The third-order valence-electron chi connectivity index (χ3n) is 3.40. The SMILES string of the molecule is CCCCn1ncc(CNC2CC2)c1CCC. The predicted molar refractivity (Wildman–Crippen MR) is 71.0 cm³/mol. The van der Waals surface area contributed by atoms with Crippen molar-refractivity contribution in [3.63, 3.8) is 0 Å². The summed E-state index contributed by atoms with van der Waals surface area (Å²) in [5, 5.41) is 8.14. The van der Waals surface area contributed by atoms with Gasteiger partial charge < -0.3 is 5.32 Å². The highest BCUT2D eigenvalue weighted by molar-refractivity contribution is 5.18. The molecule has 1 aliphatic carbocycles. The highest BCUT2D eigenvalue weighted by Crippen LogP contribution is 2.20. The van der Waals surface area contributed by atoms with Crippen molar-refractivity contribution in [2.24, 2.45) is 0 Å². The molecule has 17 heavy (non-hydrogen) atoms. The van der Waals surface area contributed by atoms with Crippen LogP contribution in [0.5, 0.6) is 0 Å². The third-order valence-corrected chi connectivity index (χ3v) is 3.40. The summed E-state index contributed by atoms with van der Waals surface area (Å²) >= 11 is 0. The number of nitrogens with one attached hydrogen (secondary N) is 1. The number of aryl methyl sites for hydroxylation is 1. The maximum absolute atomic E-state index is 4.55. The van der Waals surface area contributed by atoms with E-state index >= 15 is 0 Å². The molecule has 1 aromatic rings. The van der Waals surface area contributed by atoms with Gasteiger partial charge in [-0.25, -0.2) is 0 Å². The molecule has 0 bridgehead atoms. The largest absolute Gasteiger partial charge is 0.310 e. The minimum absolute atomic E-state index is 0.781. The van der Waals surface area contributed by atoms with Crippen LogP contribution in [0.2, 0.25) is 0 Å². The third kappa shape index (κ3) is 3.56. The van der Waals surface area contributed by atoms with Crippen molar-refractivity contribution >= 4 is 0 Å². The van der Waals surface area contributed by atoms with E-state index in [0.29, 0.717) is 0 Å². The number of unbranched alkanes of at least 4 members (excludes halogenated alkanes) is 1. The molecule has 96 valence electrons. The van der Waals surface area contributed by atoms with Gasteiger partial charge in [0.15, 0.2) is 0 Å². The van der Waals surface area contributed by atoms with Crippen molar-refractivity contribution in [1.82, 2.24) is 15.1 Å². The first-order chi connectivity index (χ1) is 8.35. The molecule has 0 amide bonds. The molecule has 0 aliphatic heterocycles. The van der Waals surface area contributed by atoms with Crippen LogP contribution in [0.15, 0.2) is 6.20 Å². The van der Waals surface area contributed by atoms with E-state index in [9.17, 15) is 0 Å². The lowest BCUT2D eigenvalue weighted by Crippen LogP contribution is -2.16. The van der Waals surface area contributed by atoms with E-state index in [4.69, 9.17) is 0 Å². The number of rotatable bonds is 8. The topological polar surface area (TPSA) is 29.9 Å². The summed E-state index contributed by atoms with van der Waals surface area (Å²) in [6.45, 7) is 6.56. The summed E-state index contributed by atoms with van der Waals surface area (Å²) in [5.74, 6) is 0. The van der Waals surface area contributed by atoms with Gasteiger partial charge in [0.25, 0.3) is 0 Å². The van der Waals surface area contributed by atoms with Crippen LogP contribution < -0.4 is 5.32 Å². The molecule has 1 heterocycles. The van der Waals surface area contributed by atoms with Gasteiger partial charge in [-0.2, -0.15) is 5.10 Å². The quantitative estimate of drug-likeness (QED) is 0.751. The molecule has 0 aromatic carbocycles. The lowest BCUT2D eigenvalue weighted by atomic mass is 10.1. The fourth-order valence-electron chi connectivity index (χ4n) is 2.17. The molecular formula is C14H25N3. The van der Waals surface area contributed by atoms with Crippen molar-refractivity contribution < 1.29 is 0 Å². The molecule has 0 radical (unpaired) electrons. The maximum Gasteiger partial charge on any atom is 0.0537 e. The van der Waals surface area contributed by atoms with Gasteiger partial charge in [-0.3, -0.25) is 4.68 Å². The van der Waals surface area contributed by atoms with Gasteiger partial charge >= 0.3 is 0 Å². The molecule has 2 rings (SSSR count). The monoisotopic (exact) mass is 235 g/mol. The average Bonchev–Trinajstić information content (AvgIpc) is 3.09. The Kier molecular flexibility index (Phi) is 4.60.